The largest absolute Gasteiger partial charge is 0.300 e. The lowest BCUT2D eigenvalue weighted by molar-refractivity contribution is -0.120. The number of amides is 1. The van der Waals surface area contributed by atoms with Crippen LogP contribution in [0.1, 0.15) is 32.3 Å². The van der Waals surface area contributed by atoms with E-state index >= 15 is 0 Å². The van der Waals surface area contributed by atoms with Gasteiger partial charge >= 0.3 is 0 Å². The molecule has 11 heteroatoms. The van der Waals surface area contributed by atoms with Crippen LogP contribution in [0.3, 0.4) is 0 Å². The summed E-state index contributed by atoms with van der Waals surface area (Å²) in [4.78, 5) is 12.6. The Kier molecular flexibility index (Phi) is 8.14. The van der Waals surface area contributed by atoms with Crippen molar-refractivity contribution >= 4 is 55.8 Å². The Hall–Kier alpha value is -1.20. The zero-order valence-corrected chi connectivity index (χ0v) is 20.1. The van der Waals surface area contributed by atoms with E-state index in [1.807, 2.05) is 0 Å². The summed E-state index contributed by atoms with van der Waals surface area (Å²) in [5.74, 6) is 0.993. The molecule has 1 N–H and O–H groups in total. The second-order valence-electron chi connectivity index (χ2n) is 7.59. The first-order valence-electron chi connectivity index (χ1n) is 9.73. The van der Waals surface area contributed by atoms with Gasteiger partial charge in [-0.1, -0.05) is 66.7 Å². The second-order valence-corrected chi connectivity index (χ2v) is 12.2. The summed E-state index contributed by atoms with van der Waals surface area (Å²) in [6.45, 7) is 4.91. The molecule has 1 amide bonds. The number of sulfonamides is 1. The lowest BCUT2D eigenvalue weighted by Crippen LogP contribution is -2.41. The molecule has 164 valence electrons. The number of benzene rings is 1. The third-order valence-corrected chi connectivity index (χ3v) is 9.29. The number of carbonyl (C=O) groups is 1. The highest BCUT2D eigenvalue weighted by Crippen LogP contribution is 2.29. The van der Waals surface area contributed by atoms with Gasteiger partial charge in [-0.05, 0) is 30.4 Å². The average Bonchev–Trinajstić information content (AvgIpc) is 3.15. The van der Waals surface area contributed by atoms with E-state index in [0.29, 0.717) is 47.6 Å². The van der Waals surface area contributed by atoms with Gasteiger partial charge in [0, 0.05) is 29.8 Å². The molecule has 0 spiro atoms. The molecule has 7 nitrogen and oxygen atoms in total. The van der Waals surface area contributed by atoms with Crippen LogP contribution in [0.5, 0.6) is 0 Å². The summed E-state index contributed by atoms with van der Waals surface area (Å²) in [5.41, 5.74) is 0.585. The molecule has 0 aliphatic carbocycles. The van der Waals surface area contributed by atoms with Crippen LogP contribution in [0.2, 0.25) is 5.02 Å². The van der Waals surface area contributed by atoms with Gasteiger partial charge in [-0.2, -0.15) is 0 Å². The van der Waals surface area contributed by atoms with Crippen molar-refractivity contribution < 1.29 is 13.2 Å². The Bertz CT molecular complexity index is 973. The van der Waals surface area contributed by atoms with Crippen molar-refractivity contribution in [1.82, 2.24) is 14.5 Å². The summed E-state index contributed by atoms with van der Waals surface area (Å²) in [6.07, 6.45) is 0.947. The number of hydrogen-bond acceptors (Lipinski definition) is 7. The first-order chi connectivity index (χ1) is 14.2. The Balaban J connectivity index is 1.51. The molecule has 1 aliphatic rings. The summed E-state index contributed by atoms with van der Waals surface area (Å²) in [5, 5.41) is 11.9. The molecule has 30 heavy (non-hydrogen) atoms. The monoisotopic (exact) mass is 488 g/mol. The van der Waals surface area contributed by atoms with Gasteiger partial charge < -0.3 is 5.32 Å². The molecule has 1 fully saturated rings. The topological polar surface area (TPSA) is 92.3 Å². The Morgan fingerprint density at radius 1 is 1.30 bits per heavy atom. The van der Waals surface area contributed by atoms with E-state index in [-0.39, 0.29) is 17.6 Å². The number of aromatic nitrogens is 2. The molecule has 2 heterocycles. The predicted octanol–water partition coefficient (Wildman–Crippen LogP) is 4.12. The molecule has 2 aromatic rings. The molecule has 3 rings (SSSR count). The van der Waals surface area contributed by atoms with Gasteiger partial charge in [-0.3, -0.25) is 4.79 Å². The maximum atomic E-state index is 12.7. The van der Waals surface area contributed by atoms with E-state index in [2.05, 4.69) is 29.4 Å². The van der Waals surface area contributed by atoms with E-state index < -0.39 is 10.0 Å². The number of rotatable bonds is 8. The normalized spacial score (nSPS) is 16.1. The smallest absolute Gasteiger partial charge is 0.229 e. The van der Waals surface area contributed by atoms with Crippen LogP contribution in [0.4, 0.5) is 5.13 Å². The number of halogens is 1. The lowest BCUT2D eigenvalue weighted by Gasteiger charge is -2.30. The van der Waals surface area contributed by atoms with Crippen molar-refractivity contribution in [3.8, 4) is 0 Å². The number of nitrogens with zero attached hydrogens (tertiary/aromatic N) is 3. The summed E-state index contributed by atoms with van der Waals surface area (Å²) < 4.78 is 27.8. The van der Waals surface area contributed by atoms with Gasteiger partial charge in [0.25, 0.3) is 0 Å². The Morgan fingerprint density at radius 3 is 2.67 bits per heavy atom. The highest BCUT2D eigenvalue weighted by atomic mass is 35.5. The minimum atomic E-state index is -3.48. The highest BCUT2D eigenvalue weighted by molar-refractivity contribution is 8.01. The van der Waals surface area contributed by atoms with Gasteiger partial charge in [0.15, 0.2) is 4.34 Å². The number of anilines is 1. The minimum Gasteiger partial charge on any atom is -0.300 e. The first-order valence-corrected chi connectivity index (χ1v) is 13.5. The van der Waals surface area contributed by atoms with Gasteiger partial charge in [0.2, 0.25) is 21.1 Å². The van der Waals surface area contributed by atoms with Crippen molar-refractivity contribution in [3.63, 3.8) is 0 Å². The van der Waals surface area contributed by atoms with Crippen LogP contribution in [-0.2, 0) is 20.6 Å². The molecule has 0 bridgehead atoms. The molecular weight excluding hydrogens is 464 g/mol. The van der Waals surface area contributed by atoms with E-state index in [1.54, 1.807) is 36.0 Å². The first kappa shape index (κ1) is 23.5. The van der Waals surface area contributed by atoms with E-state index in [0.717, 1.165) is 10.1 Å². The van der Waals surface area contributed by atoms with Gasteiger partial charge in [-0.15, -0.1) is 10.2 Å². The predicted molar refractivity (Wildman–Crippen MR) is 122 cm³/mol. The van der Waals surface area contributed by atoms with Crippen LogP contribution in [0.25, 0.3) is 0 Å². The molecule has 1 aliphatic heterocycles. The van der Waals surface area contributed by atoms with Crippen molar-refractivity contribution in [2.75, 3.05) is 24.2 Å². The SMILES string of the molecule is CC(C)CSc1nnc(NC(=O)C2CCN(S(=O)(=O)Cc3ccccc3Cl)CC2)s1. The van der Waals surface area contributed by atoms with Crippen LogP contribution in [-0.4, -0.2) is 47.7 Å². The highest BCUT2D eigenvalue weighted by Gasteiger charge is 2.31. The quantitative estimate of drug-likeness (QED) is 0.444. The van der Waals surface area contributed by atoms with Crippen molar-refractivity contribution in [2.24, 2.45) is 11.8 Å². The maximum absolute atomic E-state index is 12.7. The fourth-order valence-electron chi connectivity index (χ4n) is 3.06. The maximum Gasteiger partial charge on any atom is 0.229 e. The number of piperidine rings is 1. The van der Waals surface area contributed by atoms with E-state index in [9.17, 15) is 13.2 Å². The van der Waals surface area contributed by atoms with Crippen molar-refractivity contribution in [2.45, 2.75) is 36.8 Å². The Labute approximate surface area is 190 Å². The van der Waals surface area contributed by atoms with E-state index in [4.69, 9.17) is 11.6 Å². The van der Waals surface area contributed by atoms with Crippen LogP contribution in [0.15, 0.2) is 28.6 Å². The summed E-state index contributed by atoms with van der Waals surface area (Å²) >= 11 is 9.09. The van der Waals surface area contributed by atoms with Crippen molar-refractivity contribution in [3.05, 3.63) is 34.9 Å². The third-order valence-electron chi connectivity index (χ3n) is 4.69. The van der Waals surface area contributed by atoms with Crippen LogP contribution < -0.4 is 5.32 Å². The van der Waals surface area contributed by atoms with Crippen LogP contribution in [0, 0.1) is 11.8 Å². The summed E-state index contributed by atoms with van der Waals surface area (Å²) in [7, 11) is -3.48. The molecule has 0 unspecified atom stereocenters. The number of thioether (sulfide) groups is 1. The molecule has 0 atom stereocenters. The molecule has 0 saturated carbocycles. The van der Waals surface area contributed by atoms with E-state index in [1.165, 1.54) is 15.6 Å². The molecule has 1 aromatic heterocycles. The number of carbonyl (C=O) groups excluding carboxylic acids is 1. The Morgan fingerprint density at radius 2 is 2.00 bits per heavy atom. The summed E-state index contributed by atoms with van der Waals surface area (Å²) in [6, 6.07) is 6.94. The zero-order valence-electron chi connectivity index (χ0n) is 16.9. The molecule has 1 saturated heterocycles. The second kappa shape index (κ2) is 10.4. The molecule has 1 aromatic carbocycles. The van der Waals surface area contributed by atoms with Gasteiger partial charge in [0.1, 0.15) is 0 Å². The van der Waals surface area contributed by atoms with Gasteiger partial charge in [-0.25, -0.2) is 12.7 Å². The fourth-order valence-corrected chi connectivity index (χ4v) is 6.67. The number of hydrogen-bond donors (Lipinski definition) is 1. The molecule has 0 radical (unpaired) electrons. The number of nitrogens with one attached hydrogen (secondary N) is 1. The fraction of sp³-hybridized carbons (Fsp3) is 0.526. The third kappa shape index (κ3) is 6.40. The van der Waals surface area contributed by atoms with Crippen LogP contribution >= 0.6 is 34.7 Å². The van der Waals surface area contributed by atoms with Crippen molar-refractivity contribution in [1.29, 1.82) is 0 Å². The van der Waals surface area contributed by atoms with Gasteiger partial charge in [0.05, 0.1) is 5.75 Å². The average molecular weight is 489 g/mol. The standard InChI is InChI=1S/C19H25ClN4O3S3/c1-13(2)11-28-19-23-22-18(29-19)21-17(25)14-7-9-24(10-8-14)30(26,27)12-15-5-3-4-6-16(15)20/h3-6,13-14H,7-12H2,1-2H3,(H,21,22,25). The lowest BCUT2D eigenvalue weighted by atomic mass is 9.97. The zero-order chi connectivity index (χ0) is 21.7. The molecular formula is C19H25ClN4O3S3. The minimum absolute atomic E-state index is 0.130.